The van der Waals surface area contributed by atoms with Crippen LogP contribution in [0.5, 0.6) is 0 Å². The fraction of sp³-hybridized carbons (Fsp3) is 0.0455. The summed E-state index contributed by atoms with van der Waals surface area (Å²) in [4.78, 5) is 21.2. The molecule has 0 aliphatic rings. The molecule has 1 amide bonds. The molecule has 4 rings (SSSR count). The standard InChI is InChI=1S/C22H12F5N3OS/c23-14-7-4-8-15(24)17(14)20(31)30-21-29-18(16-9-1-2-10-28-16)19(32-21)12-5-3-6-13(11-12)22(25,26)27/h1-11H,(H,29,30,31). The molecule has 0 spiro atoms. The van der Waals surface area contributed by atoms with Crippen LogP contribution in [0.4, 0.5) is 27.1 Å². The van der Waals surface area contributed by atoms with Gasteiger partial charge in [-0.15, -0.1) is 0 Å². The Morgan fingerprint density at radius 2 is 1.66 bits per heavy atom. The summed E-state index contributed by atoms with van der Waals surface area (Å²) >= 11 is 0.866. The third-order valence-corrected chi connectivity index (χ3v) is 5.42. The molecule has 0 unspecified atom stereocenters. The lowest BCUT2D eigenvalue weighted by Crippen LogP contribution is -2.15. The molecule has 0 bridgehead atoms. The second-order valence-electron chi connectivity index (χ2n) is 6.54. The molecule has 0 radical (unpaired) electrons. The Morgan fingerprint density at radius 3 is 2.31 bits per heavy atom. The first-order valence-electron chi connectivity index (χ1n) is 9.09. The Labute approximate surface area is 182 Å². The summed E-state index contributed by atoms with van der Waals surface area (Å²) in [7, 11) is 0. The van der Waals surface area contributed by atoms with Gasteiger partial charge in [0.25, 0.3) is 5.91 Å². The quantitative estimate of drug-likeness (QED) is 0.357. The van der Waals surface area contributed by atoms with Crippen LogP contribution in [0.15, 0.2) is 66.9 Å². The van der Waals surface area contributed by atoms with Crippen molar-refractivity contribution in [3.8, 4) is 21.8 Å². The number of halogens is 5. The third-order valence-electron chi connectivity index (χ3n) is 4.40. The molecule has 0 saturated carbocycles. The molecule has 2 heterocycles. The summed E-state index contributed by atoms with van der Waals surface area (Å²) < 4.78 is 67.5. The van der Waals surface area contributed by atoms with Crippen LogP contribution >= 0.6 is 11.3 Å². The van der Waals surface area contributed by atoms with Gasteiger partial charge in [0.05, 0.1) is 16.1 Å². The lowest BCUT2D eigenvalue weighted by molar-refractivity contribution is -0.137. The van der Waals surface area contributed by atoms with E-state index in [1.54, 1.807) is 18.2 Å². The maximum absolute atomic E-state index is 13.9. The number of pyridine rings is 1. The average molecular weight is 461 g/mol. The SMILES string of the molecule is O=C(Nc1nc(-c2ccccn2)c(-c2cccc(C(F)(F)F)c2)s1)c1c(F)cccc1F. The van der Waals surface area contributed by atoms with Crippen molar-refractivity contribution in [1.29, 1.82) is 0 Å². The summed E-state index contributed by atoms with van der Waals surface area (Å²) in [6.45, 7) is 0. The molecule has 4 nitrogen and oxygen atoms in total. The number of hydrogen-bond acceptors (Lipinski definition) is 4. The Hall–Kier alpha value is -3.66. The lowest BCUT2D eigenvalue weighted by atomic mass is 10.1. The summed E-state index contributed by atoms with van der Waals surface area (Å²) in [6, 6.07) is 12.6. The molecule has 0 atom stereocenters. The Kier molecular flexibility index (Phi) is 5.70. The van der Waals surface area contributed by atoms with Gasteiger partial charge in [0.1, 0.15) is 22.9 Å². The molecule has 0 fully saturated rings. The summed E-state index contributed by atoms with van der Waals surface area (Å²) in [5.41, 5.74) is -0.861. The van der Waals surface area contributed by atoms with Crippen LogP contribution in [0.3, 0.4) is 0 Å². The third kappa shape index (κ3) is 4.35. The van der Waals surface area contributed by atoms with Crippen molar-refractivity contribution in [3.63, 3.8) is 0 Å². The van der Waals surface area contributed by atoms with E-state index in [-0.39, 0.29) is 16.4 Å². The Morgan fingerprint density at radius 1 is 0.938 bits per heavy atom. The number of benzene rings is 2. The van der Waals surface area contributed by atoms with Crippen molar-refractivity contribution in [2.45, 2.75) is 6.18 Å². The highest BCUT2D eigenvalue weighted by atomic mass is 32.1. The second-order valence-corrected chi connectivity index (χ2v) is 7.54. The van der Waals surface area contributed by atoms with Crippen LogP contribution in [-0.2, 0) is 6.18 Å². The molecule has 1 N–H and O–H groups in total. The topological polar surface area (TPSA) is 54.9 Å². The molecule has 10 heteroatoms. The van der Waals surface area contributed by atoms with E-state index in [9.17, 15) is 26.7 Å². The van der Waals surface area contributed by atoms with E-state index in [2.05, 4.69) is 15.3 Å². The van der Waals surface area contributed by atoms with Crippen molar-refractivity contribution in [2.24, 2.45) is 0 Å². The fourth-order valence-electron chi connectivity index (χ4n) is 2.96. The highest BCUT2D eigenvalue weighted by Gasteiger charge is 2.31. The van der Waals surface area contributed by atoms with Crippen LogP contribution in [0.1, 0.15) is 15.9 Å². The van der Waals surface area contributed by atoms with Crippen molar-refractivity contribution >= 4 is 22.4 Å². The molecule has 0 aliphatic carbocycles. The van der Waals surface area contributed by atoms with Crippen LogP contribution in [-0.4, -0.2) is 15.9 Å². The number of rotatable bonds is 4. The molecule has 0 saturated heterocycles. The maximum Gasteiger partial charge on any atom is 0.416 e. The molecule has 2 aromatic carbocycles. The minimum absolute atomic E-state index is 0.0503. The van der Waals surface area contributed by atoms with Gasteiger partial charge in [-0.2, -0.15) is 13.2 Å². The molecule has 4 aromatic rings. The van der Waals surface area contributed by atoms with Crippen molar-refractivity contribution in [3.05, 3.63) is 89.6 Å². The van der Waals surface area contributed by atoms with Crippen molar-refractivity contribution in [2.75, 3.05) is 5.32 Å². The Balaban J connectivity index is 1.78. The van der Waals surface area contributed by atoms with E-state index in [0.717, 1.165) is 41.7 Å². The highest BCUT2D eigenvalue weighted by Crippen LogP contribution is 2.40. The van der Waals surface area contributed by atoms with Crippen LogP contribution in [0.2, 0.25) is 0 Å². The smallest absolute Gasteiger partial charge is 0.298 e. The van der Waals surface area contributed by atoms with Gasteiger partial charge in [0, 0.05) is 6.20 Å². The van der Waals surface area contributed by atoms with Crippen LogP contribution < -0.4 is 5.32 Å². The highest BCUT2D eigenvalue weighted by molar-refractivity contribution is 7.19. The Bertz CT molecular complexity index is 1270. The number of amides is 1. The van der Waals surface area contributed by atoms with E-state index < -0.39 is 34.8 Å². The van der Waals surface area contributed by atoms with Crippen LogP contribution in [0.25, 0.3) is 21.8 Å². The van der Waals surface area contributed by atoms with Crippen LogP contribution in [0, 0.1) is 11.6 Å². The van der Waals surface area contributed by atoms with Gasteiger partial charge in [-0.1, -0.05) is 35.6 Å². The van der Waals surface area contributed by atoms with Gasteiger partial charge in [-0.05, 0) is 42.0 Å². The van der Waals surface area contributed by atoms with E-state index in [1.807, 2.05) is 0 Å². The zero-order chi connectivity index (χ0) is 22.9. The number of thiazole rings is 1. The first-order chi connectivity index (χ1) is 15.2. The second kappa shape index (κ2) is 8.46. The first-order valence-corrected chi connectivity index (χ1v) is 9.91. The minimum atomic E-state index is -4.55. The molecular weight excluding hydrogens is 449 g/mol. The number of carbonyl (C=O) groups excluding carboxylic acids is 1. The summed E-state index contributed by atoms with van der Waals surface area (Å²) in [5, 5.41) is 2.27. The zero-order valence-electron chi connectivity index (χ0n) is 16.0. The molecule has 0 aliphatic heterocycles. The monoisotopic (exact) mass is 461 g/mol. The average Bonchev–Trinajstić information content (AvgIpc) is 3.17. The number of alkyl halides is 3. The van der Waals surface area contributed by atoms with Crippen molar-refractivity contribution in [1.82, 2.24) is 9.97 Å². The number of carbonyl (C=O) groups is 1. The van der Waals surface area contributed by atoms with Gasteiger partial charge < -0.3 is 0 Å². The van der Waals surface area contributed by atoms with E-state index in [0.29, 0.717) is 10.6 Å². The number of aromatic nitrogens is 2. The predicted octanol–water partition coefficient (Wildman–Crippen LogP) is 6.42. The zero-order valence-corrected chi connectivity index (χ0v) is 16.8. The molecule has 32 heavy (non-hydrogen) atoms. The minimum Gasteiger partial charge on any atom is -0.298 e. The lowest BCUT2D eigenvalue weighted by Gasteiger charge is -2.08. The summed E-state index contributed by atoms with van der Waals surface area (Å²) in [6.07, 6.45) is -3.07. The van der Waals surface area contributed by atoms with Gasteiger partial charge >= 0.3 is 6.18 Å². The first kappa shape index (κ1) is 21.6. The normalized spacial score (nSPS) is 11.4. The number of anilines is 1. The number of nitrogens with one attached hydrogen (secondary N) is 1. The number of hydrogen-bond donors (Lipinski definition) is 1. The largest absolute Gasteiger partial charge is 0.416 e. The van der Waals surface area contributed by atoms with Crippen molar-refractivity contribution < 1.29 is 26.7 Å². The van der Waals surface area contributed by atoms with E-state index in [4.69, 9.17) is 0 Å². The maximum atomic E-state index is 13.9. The fourth-order valence-corrected chi connectivity index (χ4v) is 3.92. The van der Waals surface area contributed by atoms with Gasteiger partial charge in [0.15, 0.2) is 5.13 Å². The summed E-state index contributed by atoms with van der Waals surface area (Å²) in [5.74, 6) is -3.18. The predicted molar refractivity (Wildman–Crippen MR) is 110 cm³/mol. The van der Waals surface area contributed by atoms with Gasteiger partial charge in [0.2, 0.25) is 0 Å². The van der Waals surface area contributed by atoms with E-state index in [1.165, 1.54) is 18.3 Å². The van der Waals surface area contributed by atoms with E-state index >= 15 is 0 Å². The molecular formula is C22H12F5N3OS. The molecule has 162 valence electrons. The van der Waals surface area contributed by atoms with Gasteiger partial charge in [-0.3, -0.25) is 15.1 Å². The number of nitrogens with zero attached hydrogens (tertiary/aromatic N) is 2. The van der Waals surface area contributed by atoms with Gasteiger partial charge in [-0.25, -0.2) is 13.8 Å². The molecule has 2 aromatic heterocycles.